The van der Waals surface area contributed by atoms with Gasteiger partial charge in [-0.05, 0) is 13.8 Å². The van der Waals surface area contributed by atoms with Crippen LogP contribution in [0.4, 0.5) is 5.69 Å². The maximum Gasteiger partial charge on any atom is 0.345 e. The second-order valence-electron chi connectivity index (χ2n) is 4.62. The van der Waals surface area contributed by atoms with Gasteiger partial charge in [0.25, 0.3) is 11.6 Å². The Hall–Kier alpha value is -2.84. The number of likely N-dealkylation sites (N-methyl/N-ethyl adjacent to an activating group) is 1. The molecule has 0 spiro atoms. The number of nitro benzene ring substituents is 1. The molecular weight excluding hydrogens is 308 g/mol. The molecule has 0 fully saturated rings. The van der Waals surface area contributed by atoms with Crippen LogP contribution in [-0.2, 0) is 9.53 Å². The van der Waals surface area contributed by atoms with Gasteiger partial charge in [0.2, 0.25) is 6.79 Å². The monoisotopic (exact) mass is 324 g/mol. The van der Waals surface area contributed by atoms with E-state index in [-0.39, 0.29) is 29.8 Å². The molecular formula is C14H16N2O7. The van der Waals surface area contributed by atoms with Crippen LogP contribution in [0.1, 0.15) is 24.2 Å². The van der Waals surface area contributed by atoms with Crippen LogP contribution in [0.3, 0.4) is 0 Å². The van der Waals surface area contributed by atoms with Gasteiger partial charge in [0, 0.05) is 19.2 Å². The lowest BCUT2D eigenvalue weighted by Crippen LogP contribution is -2.34. The third kappa shape index (κ3) is 3.50. The van der Waals surface area contributed by atoms with Crippen molar-refractivity contribution in [2.45, 2.75) is 13.8 Å². The van der Waals surface area contributed by atoms with E-state index in [4.69, 9.17) is 14.2 Å². The van der Waals surface area contributed by atoms with Crippen LogP contribution in [0.25, 0.3) is 0 Å². The Kier molecular flexibility index (Phi) is 4.99. The summed E-state index contributed by atoms with van der Waals surface area (Å²) in [4.78, 5) is 35.8. The largest absolute Gasteiger partial charge is 0.454 e. The average Bonchev–Trinajstić information content (AvgIpc) is 2.99. The van der Waals surface area contributed by atoms with Crippen LogP contribution < -0.4 is 9.47 Å². The third-order valence-electron chi connectivity index (χ3n) is 3.35. The molecule has 1 aromatic rings. The van der Waals surface area contributed by atoms with Crippen molar-refractivity contribution >= 4 is 17.6 Å². The lowest BCUT2D eigenvalue weighted by molar-refractivity contribution is -0.385. The van der Waals surface area contributed by atoms with E-state index in [1.54, 1.807) is 13.8 Å². The second-order valence-corrected chi connectivity index (χ2v) is 4.62. The molecule has 0 saturated heterocycles. The SMILES string of the molecule is CCN(CC)C(=O)COC(=O)c1cc2c(cc1[N+](=O)[O-])OCO2. The van der Waals surface area contributed by atoms with Crippen LogP contribution in [0.15, 0.2) is 12.1 Å². The molecule has 0 aromatic heterocycles. The fourth-order valence-corrected chi connectivity index (χ4v) is 2.12. The van der Waals surface area contributed by atoms with Gasteiger partial charge < -0.3 is 19.1 Å². The molecule has 0 radical (unpaired) electrons. The second kappa shape index (κ2) is 6.95. The summed E-state index contributed by atoms with van der Waals surface area (Å²) in [6.45, 7) is 4.00. The number of ether oxygens (including phenoxy) is 3. The summed E-state index contributed by atoms with van der Waals surface area (Å²) in [5.41, 5.74) is -0.749. The minimum Gasteiger partial charge on any atom is -0.454 e. The van der Waals surface area contributed by atoms with E-state index < -0.39 is 23.2 Å². The Balaban J connectivity index is 2.16. The van der Waals surface area contributed by atoms with E-state index in [2.05, 4.69) is 0 Å². The molecule has 0 unspecified atom stereocenters. The summed E-state index contributed by atoms with van der Waals surface area (Å²) < 4.78 is 15.0. The van der Waals surface area contributed by atoms with Gasteiger partial charge in [0.1, 0.15) is 5.56 Å². The topological polar surface area (TPSA) is 108 Å². The van der Waals surface area contributed by atoms with Crippen LogP contribution in [0.2, 0.25) is 0 Å². The number of hydrogen-bond acceptors (Lipinski definition) is 7. The molecule has 0 saturated carbocycles. The summed E-state index contributed by atoms with van der Waals surface area (Å²) in [7, 11) is 0. The number of nitrogens with zero attached hydrogens (tertiary/aromatic N) is 2. The number of benzene rings is 1. The minimum absolute atomic E-state index is 0.0779. The molecule has 1 amide bonds. The number of carbonyl (C=O) groups is 2. The smallest absolute Gasteiger partial charge is 0.345 e. The zero-order valence-corrected chi connectivity index (χ0v) is 12.7. The van der Waals surface area contributed by atoms with Crippen LogP contribution in [-0.4, -0.2) is 48.2 Å². The van der Waals surface area contributed by atoms with E-state index in [1.165, 1.54) is 11.0 Å². The molecule has 1 aliphatic rings. The predicted octanol–water partition coefficient (Wildman–Crippen LogP) is 1.35. The molecule has 0 aliphatic carbocycles. The van der Waals surface area contributed by atoms with Gasteiger partial charge in [-0.25, -0.2) is 4.79 Å². The van der Waals surface area contributed by atoms with Crippen molar-refractivity contribution in [2.75, 3.05) is 26.5 Å². The first-order chi connectivity index (χ1) is 11.0. The van der Waals surface area contributed by atoms with Gasteiger partial charge in [0.05, 0.1) is 11.0 Å². The fraction of sp³-hybridized carbons (Fsp3) is 0.429. The lowest BCUT2D eigenvalue weighted by Gasteiger charge is -2.18. The van der Waals surface area contributed by atoms with Crippen molar-refractivity contribution < 1.29 is 28.7 Å². The van der Waals surface area contributed by atoms with Crippen LogP contribution in [0, 0.1) is 10.1 Å². The molecule has 0 atom stereocenters. The Morgan fingerprint density at radius 1 is 1.26 bits per heavy atom. The normalized spacial score (nSPS) is 11.9. The maximum atomic E-state index is 12.1. The molecule has 23 heavy (non-hydrogen) atoms. The third-order valence-corrected chi connectivity index (χ3v) is 3.35. The Labute approximate surface area is 131 Å². The Morgan fingerprint density at radius 3 is 2.43 bits per heavy atom. The summed E-state index contributed by atoms with van der Waals surface area (Å²) in [5, 5.41) is 11.1. The van der Waals surface area contributed by atoms with Gasteiger partial charge in [-0.15, -0.1) is 0 Å². The first-order valence-corrected chi connectivity index (χ1v) is 7.00. The van der Waals surface area contributed by atoms with E-state index in [0.29, 0.717) is 13.1 Å². The van der Waals surface area contributed by atoms with E-state index in [0.717, 1.165) is 6.07 Å². The molecule has 2 rings (SSSR count). The molecule has 124 valence electrons. The van der Waals surface area contributed by atoms with Crippen LogP contribution in [0.5, 0.6) is 11.5 Å². The number of esters is 1. The van der Waals surface area contributed by atoms with Gasteiger partial charge in [-0.1, -0.05) is 0 Å². The molecule has 9 heteroatoms. The molecule has 1 aromatic carbocycles. The number of rotatable bonds is 6. The Bertz CT molecular complexity index is 640. The van der Waals surface area contributed by atoms with E-state index >= 15 is 0 Å². The van der Waals surface area contributed by atoms with Gasteiger partial charge >= 0.3 is 5.97 Å². The van der Waals surface area contributed by atoms with E-state index in [1.807, 2.05) is 0 Å². The van der Waals surface area contributed by atoms with Gasteiger partial charge in [0.15, 0.2) is 18.1 Å². The number of fused-ring (bicyclic) bond motifs is 1. The number of hydrogen-bond donors (Lipinski definition) is 0. The standard InChI is InChI=1S/C14H16N2O7/c1-3-15(4-2)13(17)7-21-14(18)9-5-11-12(23-8-22-11)6-10(9)16(19)20/h5-6H,3-4,7-8H2,1-2H3. The summed E-state index contributed by atoms with van der Waals surface area (Å²) in [6, 6.07) is 2.29. The highest BCUT2D eigenvalue weighted by atomic mass is 16.7. The number of nitro groups is 1. The van der Waals surface area contributed by atoms with Crippen molar-refractivity contribution in [3.8, 4) is 11.5 Å². The lowest BCUT2D eigenvalue weighted by atomic mass is 10.1. The molecule has 1 heterocycles. The van der Waals surface area contributed by atoms with Crippen molar-refractivity contribution in [2.24, 2.45) is 0 Å². The fourth-order valence-electron chi connectivity index (χ4n) is 2.12. The first kappa shape index (κ1) is 16.5. The molecule has 9 nitrogen and oxygen atoms in total. The quantitative estimate of drug-likeness (QED) is 0.441. The zero-order chi connectivity index (χ0) is 17.0. The highest BCUT2D eigenvalue weighted by Gasteiger charge is 2.28. The zero-order valence-electron chi connectivity index (χ0n) is 12.7. The Morgan fingerprint density at radius 2 is 1.87 bits per heavy atom. The summed E-state index contributed by atoms with van der Waals surface area (Å²) in [5.74, 6) is -0.924. The number of carbonyl (C=O) groups excluding carboxylic acids is 2. The first-order valence-electron chi connectivity index (χ1n) is 7.00. The summed E-state index contributed by atoms with van der Waals surface area (Å²) >= 11 is 0. The van der Waals surface area contributed by atoms with Crippen molar-refractivity contribution in [1.82, 2.24) is 4.90 Å². The maximum absolute atomic E-state index is 12.1. The van der Waals surface area contributed by atoms with Gasteiger partial charge in [-0.3, -0.25) is 14.9 Å². The highest BCUT2D eigenvalue weighted by molar-refractivity contribution is 5.96. The molecule has 1 aliphatic heterocycles. The van der Waals surface area contributed by atoms with Crippen molar-refractivity contribution in [1.29, 1.82) is 0 Å². The summed E-state index contributed by atoms with van der Waals surface area (Å²) in [6.07, 6.45) is 0. The van der Waals surface area contributed by atoms with Crippen LogP contribution >= 0.6 is 0 Å². The number of amides is 1. The average molecular weight is 324 g/mol. The van der Waals surface area contributed by atoms with Crippen molar-refractivity contribution in [3.05, 3.63) is 27.8 Å². The highest BCUT2D eigenvalue weighted by Crippen LogP contribution is 2.38. The predicted molar refractivity (Wildman–Crippen MR) is 77.4 cm³/mol. The molecule has 0 N–H and O–H groups in total. The minimum atomic E-state index is -0.962. The van der Waals surface area contributed by atoms with E-state index in [9.17, 15) is 19.7 Å². The van der Waals surface area contributed by atoms with Crippen molar-refractivity contribution in [3.63, 3.8) is 0 Å². The van der Waals surface area contributed by atoms with Gasteiger partial charge in [-0.2, -0.15) is 0 Å². The molecule has 0 bridgehead atoms.